The maximum absolute atomic E-state index is 13.0. The van der Waals surface area contributed by atoms with Gasteiger partial charge in [0.2, 0.25) is 5.91 Å². The van der Waals surface area contributed by atoms with Crippen LogP contribution in [0.3, 0.4) is 0 Å². The number of benzene rings is 2. The molecular formula is C18H14FNO2. The van der Waals surface area contributed by atoms with Crippen LogP contribution in [0.5, 0.6) is 0 Å². The van der Waals surface area contributed by atoms with Crippen molar-refractivity contribution in [2.24, 2.45) is 0 Å². The number of carbonyl (C=O) groups excluding carboxylic acids is 1. The number of furan rings is 1. The average molecular weight is 295 g/mol. The molecule has 3 nitrogen and oxygen atoms in total. The Hall–Kier alpha value is -2.88. The second-order valence-electron chi connectivity index (χ2n) is 5.02. The zero-order valence-electron chi connectivity index (χ0n) is 12.0. The van der Waals surface area contributed by atoms with E-state index in [-0.39, 0.29) is 5.91 Å². The Balaban J connectivity index is 1.73. The van der Waals surface area contributed by atoms with E-state index in [9.17, 15) is 9.18 Å². The zero-order valence-corrected chi connectivity index (χ0v) is 12.0. The predicted octanol–water partition coefficient (Wildman–Crippen LogP) is 4.53. The van der Waals surface area contributed by atoms with E-state index in [1.165, 1.54) is 24.3 Å². The molecule has 2 aromatic carbocycles. The lowest BCUT2D eigenvalue weighted by Crippen LogP contribution is -2.07. The highest BCUT2D eigenvalue weighted by Crippen LogP contribution is 2.21. The van der Waals surface area contributed by atoms with Crippen molar-refractivity contribution in [3.05, 3.63) is 71.7 Å². The Morgan fingerprint density at radius 3 is 2.86 bits per heavy atom. The number of aryl methyl sites for hydroxylation is 1. The molecule has 1 aromatic heterocycles. The molecular weight excluding hydrogens is 281 g/mol. The van der Waals surface area contributed by atoms with Crippen LogP contribution < -0.4 is 5.32 Å². The Kier molecular flexibility index (Phi) is 3.74. The second-order valence-corrected chi connectivity index (χ2v) is 5.02. The van der Waals surface area contributed by atoms with Gasteiger partial charge in [-0.05, 0) is 49.4 Å². The van der Waals surface area contributed by atoms with Crippen LogP contribution in [0.15, 0.2) is 59.0 Å². The van der Waals surface area contributed by atoms with Crippen LogP contribution in [-0.4, -0.2) is 5.91 Å². The van der Waals surface area contributed by atoms with Gasteiger partial charge < -0.3 is 9.73 Å². The molecule has 0 saturated heterocycles. The smallest absolute Gasteiger partial charge is 0.248 e. The monoisotopic (exact) mass is 295 g/mol. The first-order chi connectivity index (χ1) is 10.6. The third kappa shape index (κ3) is 3.23. The summed E-state index contributed by atoms with van der Waals surface area (Å²) in [7, 11) is 0. The van der Waals surface area contributed by atoms with E-state index in [1.54, 1.807) is 12.1 Å². The van der Waals surface area contributed by atoms with E-state index in [2.05, 4.69) is 5.32 Å². The lowest BCUT2D eigenvalue weighted by molar-refractivity contribution is -0.111. The van der Waals surface area contributed by atoms with Crippen LogP contribution in [0.4, 0.5) is 10.1 Å². The average Bonchev–Trinajstić information content (AvgIpc) is 2.87. The summed E-state index contributed by atoms with van der Waals surface area (Å²) in [6, 6.07) is 13.5. The maximum Gasteiger partial charge on any atom is 0.248 e. The quantitative estimate of drug-likeness (QED) is 0.721. The lowest BCUT2D eigenvalue weighted by atomic mass is 10.2. The van der Waals surface area contributed by atoms with Gasteiger partial charge >= 0.3 is 0 Å². The first kappa shape index (κ1) is 14.1. The third-order valence-corrected chi connectivity index (χ3v) is 3.18. The summed E-state index contributed by atoms with van der Waals surface area (Å²) in [6.07, 6.45) is 2.94. The molecule has 0 saturated carbocycles. The van der Waals surface area contributed by atoms with Crippen LogP contribution >= 0.6 is 0 Å². The van der Waals surface area contributed by atoms with E-state index in [0.29, 0.717) is 11.4 Å². The molecule has 1 N–H and O–H groups in total. The minimum atomic E-state index is -0.394. The van der Waals surface area contributed by atoms with Gasteiger partial charge in [-0.15, -0.1) is 0 Å². The molecule has 4 heteroatoms. The van der Waals surface area contributed by atoms with Crippen molar-refractivity contribution >= 4 is 28.6 Å². The number of halogens is 1. The van der Waals surface area contributed by atoms with Gasteiger partial charge in [-0.3, -0.25) is 4.79 Å². The summed E-state index contributed by atoms with van der Waals surface area (Å²) < 4.78 is 18.7. The van der Waals surface area contributed by atoms with Crippen LogP contribution in [0.25, 0.3) is 17.0 Å². The summed E-state index contributed by atoms with van der Waals surface area (Å²) in [5.74, 6) is -0.147. The molecule has 0 bridgehead atoms. The Morgan fingerprint density at radius 1 is 1.18 bits per heavy atom. The molecule has 0 unspecified atom stereocenters. The van der Waals surface area contributed by atoms with E-state index in [1.807, 2.05) is 31.2 Å². The molecule has 110 valence electrons. The molecule has 3 rings (SSSR count). The third-order valence-electron chi connectivity index (χ3n) is 3.18. The highest BCUT2D eigenvalue weighted by atomic mass is 19.1. The van der Waals surface area contributed by atoms with E-state index in [0.717, 1.165) is 16.5 Å². The maximum atomic E-state index is 13.0. The molecule has 0 fully saturated rings. The van der Waals surface area contributed by atoms with Crippen LogP contribution in [0.1, 0.15) is 11.3 Å². The summed E-state index contributed by atoms with van der Waals surface area (Å²) in [4.78, 5) is 11.8. The molecule has 0 aliphatic heterocycles. The normalized spacial score (nSPS) is 11.2. The molecule has 22 heavy (non-hydrogen) atoms. The van der Waals surface area contributed by atoms with Crippen molar-refractivity contribution < 1.29 is 13.6 Å². The van der Waals surface area contributed by atoms with Crippen LogP contribution in [0, 0.1) is 12.7 Å². The zero-order chi connectivity index (χ0) is 15.5. The molecule has 0 radical (unpaired) electrons. The number of anilines is 1. The van der Waals surface area contributed by atoms with E-state index >= 15 is 0 Å². The van der Waals surface area contributed by atoms with Gasteiger partial charge in [0.05, 0.1) is 0 Å². The Morgan fingerprint density at radius 2 is 2.05 bits per heavy atom. The topological polar surface area (TPSA) is 42.2 Å². The fourth-order valence-electron chi connectivity index (χ4n) is 2.17. The van der Waals surface area contributed by atoms with Crippen LogP contribution in [0.2, 0.25) is 0 Å². The first-order valence-corrected chi connectivity index (χ1v) is 6.85. The molecule has 1 heterocycles. The number of amides is 1. The standard InChI is InChI=1S/C18H14FNO2/c1-12-5-7-17-13(9-12)10-16(22-17)6-8-18(21)20-15-4-2-3-14(19)11-15/h2-11H,1H3,(H,20,21). The summed E-state index contributed by atoms with van der Waals surface area (Å²) in [5.41, 5.74) is 2.33. The van der Waals surface area contributed by atoms with Crippen molar-refractivity contribution in [3.8, 4) is 0 Å². The highest BCUT2D eigenvalue weighted by molar-refractivity contribution is 6.02. The van der Waals surface area contributed by atoms with Crippen molar-refractivity contribution in [3.63, 3.8) is 0 Å². The molecule has 1 amide bonds. The lowest BCUT2D eigenvalue weighted by Gasteiger charge is -2.00. The van der Waals surface area contributed by atoms with Gasteiger partial charge in [0, 0.05) is 17.1 Å². The minimum absolute atomic E-state index is 0.345. The largest absolute Gasteiger partial charge is 0.457 e. The van der Waals surface area contributed by atoms with Crippen molar-refractivity contribution in [2.75, 3.05) is 5.32 Å². The number of hydrogen-bond acceptors (Lipinski definition) is 2. The Labute approximate surface area is 127 Å². The van der Waals surface area contributed by atoms with Crippen molar-refractivity contribution in [2.45, 2.75) is 6.92 Å². The minimum Gasteiger partial charge on any atom is -0.457 e. The summed E-state index contributed by atoms with van der Waals surface area (Å²) in [6.45, 7) is 2.01. The SMILES string of the molecule is Cc1ccc2oc(C=CC(=O)Nc3cccc(F)c3)cc2c1. The molecule has 0 spiro atoms. The predicted molar refractivity (Wildman–Crippen MR) is 85.0 cm³/mol. The van der Waals surface area contributed by atoms with Gasteiger partial charge in [0.1, 0.15) is 17.2 Å². The molecule has 0 aliphatic carbocycles. The fraction of sp³-hybridized carbons (Fsp3) is 0.0556. The number of rotatable bonds is 3. The van der Waals surface area contributed by atoms with Crippen molar-refractivity contribution in [1.29, 1.82) is 0 Å². The summed E-state index contributed by atoms with van der Waals surface area (Å²) >= 11 is 0. The van der Waals surface area contributed by atoms with Gasteiger partial charge in [-0.25, -0.2) is 4.39 Å². The number of hydrogen-bond donors (Lipinski definition) is 1. The fourth-order valence-corrected chi connectivity index (χ4v) is 2.17. The number of fused-ring (bicyclic) bond motifs is 1. The van der Waals surface area contributed by atoms with Gasteiger partial charge in [0.15, 0.2) is 0 Å². The van der Waals surface area contributed by atoms with Gasteiger partial charge in [-0.1, -0.05) is 17.7 Å². The van der Waals surface area contributed by atoms with Crippen molar-refractivity contribution in [1.82, 2.24) is 0 Å². The molecule has 0 aliphatic rings. The van der Waals surface area contributed by atoms with E-state index < -0.39 is 5.82 Å². The van der Waals surface area contributed by atoms with Crippen LogP contribution in [-0.2, 0) is 4.79 Å². The number of nitrogens with one attached hydrogen (secondary N) is 1. The second kappa shape index (κ2) is 5.85. The first-order valence-electron chi connectivity index (χ1n) is 6.85. The highest BCUT2D eigenvalue weighted by Gasteiger charge is 2.03. The van der Waals surface area contributed by atoms with Gasteiger partial charge in [-0.2, -0.15) is 0 Å². The Bertz CT molecular complexity index is 864. The summed E-state index contributed by atoms with van der Waals surface area (Å²) in [5, 5.41) is 3.58. The molecule has 3 aromatic rings. The van der Waals surface area contributed by atoms with Gasteiger partial charge in [0.25, 0.3) is 0 Å². The van der Waals surface area contributed by atoms with E-state index in [4.69, 9.17) is 4.42 Å². The number of carbonyl (C=O) groups is 1. The molecule has 0 atom stereocenters.